The van der Waals surface area contributed by atoms with Crippen molar-refractivity contribution in [2.45, 2.75) is 64.6 Å². The van der Waals surface area contributed by atoms with Crippen molar-refractivity contribution in [1.82, 2.24) is 0 Å². The van der Waals surface area contributed by atoms with Crippen molar-refractivity contribution in [1.29, 1.82) is 0 Å². The number of benzene rings is 3. The lowest BCUT2D eigenvalue weighted by Gasteiger charge is -2.26. The van der Waals surface area contributed by atoms with E-state index in [1.807, 2.05) is 31.2 Å². The van der Waals surface area contributed by atoms with Crippen LogP contribution in [0, 0.1) is 6.92 Å². The molecule has 7 heteroatoms. The number of cyclic esters (lactones) is 1. The lowest BCUT2D eigenvalue weighted by molar-refractivity contribution is -0.185. The first kappa shape index (κ1) is 28.6. The summed E-state index contributed by atoms with van der Waals surface area (Å²) in [6.07, 6.45) is 7.55. The third-order valence-electron chi connectivity index (χ3n) is 7.67. The minimum atomic E-state index is -1.95. The van der Waals surface area contributed by atoms with E-state index in [9.17, 15) is 9.90 Å². The molecular formula is C34H38O7. The van der Waals surface area contributed by atoms with E-state index in [0.717, 1.165) is 23.3 Å². The van der Waals surface area contributed by atoms with Crippen LogP contribution in [0.1, 0.15) is 67.7 Å². The van der Waals surface area contributed by atoms with Crippen molar-refractivity contribution in [2.75, 3.05) is 20.5 Å². The third kappa shape index (κ3) is 6.20. The van der Waals surface area contributed by atoms with Gasteiger partial charge in [-0.15, -0.1) is 0 Å². The maximum atomic E-state index is 13.4. The summed E-state index contributed by atoms with van der Waals surface area (Å²) in [6.45, 7) is 4.91. The number of ether oxygens (including phenoxy) is 5. The Kier molecular flexibility index (Phi) is 8.84. The summed E-state index contributed by atoms with van der Waals surface area (Å²) in [5.41, 5.74) is 3.53. The molecule has 0 saturated carbocycles. The highest BCUT2D eigenvalue weighted by Crippen LogP contribution is 2.47. The first-order valence-electron chi connectivity index (χ1n) is 14.4. The summed E-state index contributed by atoms with van der Waals surface area (Å²) in [5.74, 6) is 0.0809. The summed E-state index contributed by atoms with van der Waals surface area (Å²) < 4.78 is 28.1. The molecule has 0 bridgehead atoms. The first-order chi connectivity index (χ1) is 19.9. The van der Waals surface area contributed by atoms with Crippen LogP contribution in [-0.2, 0) is 21.7 Å². The van der Waals surface area contributed by atoms with Gasteiger partial charge >= 0.3 is 5.97 Å². The number of fused-ring (bicyclic) bond motifs is 1. The number of hydrogen-bond acceptors (Lipinski definition) is 7. The first-order valence-corrected chi connectivity index (χ1v) is 14.4. The van der Waals surface area contributed by atoms with Crippen molar-refractivity contribution < 1.29 is 33.6 Å². The second-order valence-corrected chi connectivity index (χ2v) is 10.6. The van der Waals surface area contributed by atoms with Gasteiger partial charge in [0.2, 0.25) is 6.79 Å². The normalized spacial score (nSPS) is 17.6. The minimum Gasteiger partial charge on any atom is -0.496 e. The number of aryl methyl sites for hydroxylation is 1. The number of rotatable bonds is 13. The quantitative estimate of drug-likeness (QED) is 0.181. The molecule has 1 atom stereocenters. The molecule has 7 nitrogen and oxygen atoms in total. The predicted octanol–water partition coefficient (Wildman–Crippen LogP) is 6.87. The van der Waals surface area contributed by atoms with Crippen LogP contribution in [0.2, 0.25) is 0 Å². The van der Waals surface area contributed by atoms with Crippen LogP contribution in [0.4, 0.5) is 0 Å². The number of methoxy groups -OCH3 is 1. The lowest BCUT2D eigenvalue weighted by Crippen LogP contribution is -2.30. The average Bonchev–Trinajstić information content (AvgIpc) is 3.54. The van der Waals surface area contributed by atoms with Gasteiger partial charge in [-0.25, -0.2) is 4.79 Å². The van der Waals surface area contributed by atoms with Crippen LogP contribution in [-0.4, -0.2) is 31.6 Å². The van der Waals surface area contributed by atoms with E-state index in [1.54, 1.807) is 43.5 Å². The van der Waals surface area contributed by atoms with E-state index in [-0.39, 0.29) is 13.2 Å². The van der Waals surface area contributed by atoms with Crippen LogP contribution in [0.3, 0.4) is 0 Å². The molecule has 0 spiro atoms. The summed E-state index contributed by atoms with van der Waals surface area (Å²) in [7, 11) is 1.59. The van der Waals surface area contributed by atoms with Gasteiger partial charge in [0.1, 0.15) is 11.5 Å². The minimum absolute atomic E-state index is 0.122. The van der Waals surface area contributed by atoms with Crippen LogP contribution in [0.25, 0.3) is 5.57 Å². The molecule has 2 aliphatic rings. The molecule has 0 aliphatic carbocycles. The van der Waals surface area contributed by atoms with Crippen LogP contribution >= 0.6 is 0 Å². The largest absolute Gasteiger partial charge is 0.496 e. The van der Waals surface area contributed by atoms with Gasteiger partial charge in [-0.2, -0.15) is 0 Å². The average molecular weight is 559 g/mol. The zero-order valence-corrected chi connectivity index (χ0v) is 24.0. The van der Waals surface area contributed by atoms with Crippen LogP contribution in [0.5, 0.6) is 23.0 Å². The second-order valence-electron chi connectivity index (χ2n) is 10.6. The summed E-state index contributed by atoms with van der Waals surface area (Å²) in [6, 6.07) is 18.4. The number of esters is 1. The van der Waals surface area contributed by atoms with Crippen LogP contribution < -0.4 is 18.9 Å². The fourth-order valence-corrected chi connectivity index (χ4v) is 5.39. The van der Waals surface area contributed by atoms with Gasteiger partial charge in [-0.1, -0.05) is 57.2 Å². The molecule has 1 unspecified atom stereocenters. The van der Waals surface area contributed by atoms with Gasteiger partial charge in [0.05, 0.1) is 19.3 Å². The summed E-state index contributed by atoms with van der Waals surface area (Å²) in [4.78, 5) is 13.4. The van der Waals surface area contributed by atoms with Gasteiger partial charge in [-0.05, 0) is 72.5 Å². The highest BCUT2D eigenvalue weighted by atomic mass is 16.7. The van der Waals surface area contributed by atoms with E-state index in [4.69, 9.17) is 23.7 Å². The Bertz CT molecular complexity index is 1410. The topological polar surface area (TPSA) is 83.5 Å². The molecule has 41 heavy (non-hydrogen) atoms. The van der Waals surface area contributed by atoms with E-state index in [0.29, 0.717) is 46.1 Å². The molecule has 3 aromatic rings. The molecule has 0 amide bonds. The molecule has 0 saturated heterocycles. The molecule has 3 aromatic carbocycles. The van der Waals surface area contributed by atoms with Crippen molar-refractivity contribution in [3.63, 3.8) is 0 Å². The predicted molar refractivity (Wildman–Crippen MR) is 156 cm³/mol. The Morgan fingerprint density at radius 3 is 2.41 bits per heavy atom. The molecule has 0 fully saturated rings. The van der Waals surface area contributed by atoms with E-state index in [1.165, 1.54) is 32.1 Å². The monoisotopic (exact) mass is 558 g/mol. The lowest BCUT2D eigenvalue weighted by atomic mass is 9.87. The highest BCUT2D eigenvalue weighted by Gasteiger charge is 2.48. The molecule has 0 aromatic heterocycles. The Hall–Kier alpha value is -3.97. The summed E-state index contributed by atoms with van der Waals surface area (Å²) >= 11 is 0. The maximum Gasteiger partial charge on any atom is 0.342 e. The number of unbranched alkanes of at least 4 members (excludes halogenated alkanes) is 5. The molecule has 2 aliphatic heterocycles. The molecule has 216 valence electrons. The maximum absolute atomic E-state index is 13.4. The van der Waals surface area contributed by atoms with E-state index < -0.39 is 11.8 Å². The molecule has 5 rings (SSSR count). The number of carbonyl (C=O) groups excluding carboxylic acids is 1. The number of aliphatic hydroxyl groups is 1. The SMILES string of the molecule is CCCCCCCCOc1ccc(CC2=C(c3ccc4c(c3)OCO4)C(=O)OC2(O)c2ccc(OC)c(C)c2)cc1. The number of hydrogen-bond donors (Lipinski definition) is 1. The fourth-order valence-electron chi connectivity index (χ4n) is 5.39. The van der Waals surface area contributed by atoms with Crippen molar-refractivity contribution >= 4 is 11.5 Å². The third-order valence-corrected chi connectivity index (χ3v) is 7.67. The zero-order valence-electron chi connectivity index (χ0n) is 24.0. The van der Waals surface area contributed by atoms with Gasteiger partial charge in [-0.3, -0.25) is 0 Å². The highest BCUT2D eigenvalue weighted by molar-refractivity contribution is 6.20. The molecule has 1 N–H and O–H groups in total. The Morgan fingerprint density at radius 1 is 0.902 bits per heavy atom. The van der Waals surface area contributed by atoms with E-state index in [2.05, 4.69) is 6.92 Å². The van der Waals surface area contributed by atoms with Gasteiger partial charge in [0, 0.05) is 17.6 Å². The molecule has 2 heterocycles. The van der Waals surface area contributed by atoms with E-state index >= 15 is 0 Å². The second kappa shape index (κ2) is 12.7. The van der Waals surface area contributed by atoms with Crippen molar-refractivity contribution in [2.24, 2.45) is 0 Å². The standard InChI is InChI=1S/C34H38O7/c1-4-5-6-7-8-9-18-38-27-14-10-24(11-15-27)20-28-32(25-12-16-30-31(21-25)40-22-39-30)33(35)41-34(28,36)26-13-17-29(37-3)23(2)19-26/h10-17,19,21,36H,4-9,18,20,22H2,1-3H3. The molecule has 0 radical (unpaired) electrons. The van der Waals surface area contributed by atoms with Crippen molar-refractivity contribution in [3.8, 4) is 23.0 Å². The Morgan fingerprint density at radius 2 is 1.66 bits per heavy atom. The number of carbonyl (C=O) groups is 1. The fraction of sp³-hybridized carbons (Fsp3) is 0.382. The smallest absolute Gasteiger partial charge is 0.342 e. The zero-order chi connectivity index (χ0) is 28.8. The van der Waals surface area contributed by atoms with Gasteiger partial charge < -0.3 is 28.8 Å². The van der Waals surface area contributed by atoms with Crippen LogP contribution in [0.15, 0.2) is 66.2 Å². The van der Waals surface area contributed by atoms with Gasteiger partial charge in [0.25, 0.3) is 5.79 Å². The summed E-state index contributed by atoms with van der Waals surface area (Å²) in [5, 5.41) is 12.0. The Balaban J connectivity index is 1.42. The van der Waals surface area contributed by atoms with Gasteiger partial charge in [0.15, 0.2) is 11.5 Å². The van der Waals surface area contributed by atoms with Crippen molar-refractivity contribution in [3.05, 3.63) is 88.5 Å². The molecular weight excluding hydrogens is 520 g/mol. The Labute approximate surface area is 241 Å².